The molecule has 1 rings (SSSR count). The molecule has 1 fully saturated rings. The molecule has 0 radical (unpaired) electrons. The zero-order valence-electron chi connectivity index (χ0n) is 12.6. The van der Waals surface area contributed by atoms with Crippen LogP contribution in [0.2, 0.25) is 0 Å². The Morgan fingerprint density at radius 1 is 1.37 bits per heavy atom. The lowest BCUT2D eigenvalue weighted by molar-refractivity contribution is -0.151. The van der Waals surface area contributed by atoms with Gasteiger partial charge >= 0.3 is 5.97 Å². The van der Waals surface area contributed by atoms with Gasteiger partial charge in [0.25, 0.3) is 0 Å². The van der Waals surface area contributed by atoms with E-state index in [0.29, 0.717) is 5.92 Å². The van der Waals surface area contributed by atoms with Gasteiger partial charge in [0.1, 0.15) is 11.3 Å². The molecule has 0 saturated heterocycles. The van der Waals surface area contributed by atoms with Crippen molar-refractivity contribution in [3.63, 3.8) is 0 Å². The van der Waals surface area contributed by atoms with Crippen molar-refractivity contribution in [2.45, 2.75) is 58.4 Å². The van der Waals surface area contributed by atoms with Gasteiger partial charge < -0.3 is 10.5 Å². The molecule has 1 saturated carbocycles. The summed E-state index contributed by atoms with van der Waals surface area (Å²) in [6.45, 7) is 5.89. The maximum atomic E-state index is 12.4. The first kappa shape index (κ1) is 16.2. The lowest BCUT2D eigenvalue weighted by Crippen LogP contribution is -2.55. The predicted octanol–water partition coefficient (Wildman–Crippen LogP) is 2.30. The Kier molecular flexibility index (Phi) is 5.53. The van der Waals surface area contributed by atoms with Gasteiger partial charge in [0.05, 0.1) is 7.11 Å². The molecule has 0 spiro atoms. The third-order valence-electron chi connectivity index (χ3n) is 4.45. The van der Waals surface area contributed by atoms with E-state index in [4.69, 9.17) is 10.5 Å². The maximum absolute atomic E-state index is 12.4. The van der Waals surface area contributed by atoms with Crippen LogP contribution < -0.4 is 5.73 Å². The number of ketones is 1. The van der Waals surface area contributed by atoms with Crippen LogP contribution in [-0.4, -0.2) is 24.4 Å². The quantitative estimate of drug-likeness (QED) is 0.777. The molecule has 2 N–H and O–H groups in total. The van der Waals surface area contributed by atoms with Crippen molar-refractivity contribution in [1.82, 2.24) is 0 Å². The number of rotatable bonds is 5. The number of hydrogen-bond acceptors (Lipinski definition) is 4. The van der Waals surface area contributed by atoms with Gasteiger partial charge in [0.2, 0.25) is 0 Å². The van der Waals surface area contributed by atoms with E-state index in [1.807, 2.05) is 13.8 Å². The van der Waals surface area contributed by atoms with Gasteiger partial charge in [-0.15, -0.1) is 0 Å². The Labute approximate surface area is 116 Å². The second kappa shape index (κ2) is 6.51. The highest BCUT2D eigenvalue weighted by atomic mass is 16.5. The van der Waals surface area contributed by atoms with Gasteiger partial charge in [0, 0.05) is 12.3 Å². The first-order chi connectivity index (χ1) is 8.81. The van der Waals surface area contributed by atoms with E-state index in [1.54, 1.807) is 0 Å². The molecule has 110 valence electrons. The Morgan fingerprint density at radius 3 is 2.47 bits per heavy atom. The topological polar surface area (TPSA) is 69.4 Å². The van der Waals surface area contributed by atoms with Crippen LogP contribution in [0, 0.1) is 17.8 Å². The fourth-order valence-corrected chi connectivity index (χ4v) is 2.86. The lowest BCUT2D eigenvalue weighted by atomic mass is 9.75. The van der Waals surface area contributed by atoms with Crippen molar-refractivity contribution >= 4 is 11.8 Å². The van der Waals surface area contributed by atoms with Crippen LogP contribution in [0.1, 0.15) is 52.9 Å². The molecular weight excluding hydrogens is 242 g/mol. The summed E-state index contributed by atoms with van der Waals surface area (Å²) in [7, 11) is 1.32. The average Bonchev–Trinajstić information content (AvgIpc) is 2.37. The zero-order chi connectivity index (χ0) is 14.6. The van der Waals surface area contributed by atoms with Gasteiger partial charge in [-0.05, 0) is 24.7 Å². The molecule has 0 aromatic heterocycles. The van der Waals surface area contributed by atoms with E-state index in [1.165, 1.54) is 13.5 Å². The van der Waals surface area contributed by atoms with Gasteiger partial charge in [-0.3, -0.25) is 9.59 Å². The van der Waals surface area contributed by atoms with Crippen molar-refractivity contribution in [1.29, 1.82) is 0 Å². The molecule has 4 heteroatoms. The van der Waals surface area contributed by atoms with Crippen molar-refractivity contribution in [3.05, 3.63) is 0 Å². The minimum atomic E-state index is -1.19. The number of carbonyl (C=O) groups excluding carboxylic acids is 2. The number of hydrogen-bond donors (Lipinski definition) is 1. The normalized spacial score (nSPS) is 26.8. The summed E-state index contributed by atoms with van der Waals surface area (Å²) >= 11 is 0. The van der Waals surface area contributed by atoms with Crippen LogP contribution >= 0.6 is 0 Å². The summed E-state index contributed by atoms with van der Waals surface area (Å²) in [6.07, 6.45) is 4.23. The molecule has 1 aliphatic rings. The second-order valence-electron chi connectivity index (χ2n) is 6.30. The van der Waals surface area contributed by atoms with Crippen LogP contribution in [0.5, 0.6) is 0 Å². The summed E-state index contributed by atoms with van der Waals surface area (Å²) in [5.74, 6) is 0.167. The summed E-state index contributed by atoms with van der Waals surface area (Å²) < 4.78 is 4.77. The maximum Gasteiger partial charge on any atom is 0.326 e. The summed E-state index contributed by atoms with van der Waals surface area (Å²) in [4.78, 5) is 24.3. The van der Waals surface area contributed by atoms with Crippen LogP contribution in [0.3, 0.4) is 0 Å². The Morgan fingerprint density at radius 2 is 2.00 bits per heavy atom. The minimum Gasteiger partial charge on any atom is -0.468 e. The molecule has 0 aromatic rings. The Balaban J connectivity index is 2.74. The van der Waals surface area contributed by atoms with Gasteiger partial charge in [-0.1, -0.05) is 33.6 Å². The fourth-order valence-electron chi connectivity index (χ4n) is 2.86. The molecule has 0 heterocycles. The largest absolute Gasteiger partial charge is 0.468 e. The number of Topliss-reactive ketones (excluding diaryl/α,β-unsaturated/α-hetero) is 1. The highest BCUT2D eigenvalue weighted by Gasteiger charge is 2.42. The van der Waals surface area contributed by atoms with E-state index in [-0.39, 0.29) is 24.0 Å². The number of methoxy groups -OCH3 is 1. The van der Waals surface area contributed by atoms with E-state index in [0.717, 1.165) is 19.3 Å². The molecule has 1 aliphatic carbocycles. The summed E-state index contributed by atoms with van der Waals surface area (Å²) in [6, 6.07) is 0. The van der Waals surface area contributed by atoms with Crippen LogP contribution in [0.4, 0.5) is 0 Å². The first-order valence-electron chi connectivity index (χ1n) is 7.21. The van der Waals surface area contributed by atoms with Crippen LogP contribution in [-0.2, 0) is 14.3 Å². The van der Waals surface area contributed by atoms with Gasteiger partial charge in [0.15, 0.2) is 0 Å². The van der Waals surface area contributed by atoms with Gasteiger partial charge in [-0.25, -0.2) is 0 Å². The molecule has 4 nitrogen and oxygen atoms in total. The average molecular weight is 269 g/mol. The van der Waals surface area contributed by atoms with Crippen molar-refractivity contribution in [2.24, 2.45) is 23.5 Å². The first-order valence-corrected chi connectivity index (χ1v) is 7.21. The molecular formula is C15H27NO3. The highest BCUT2D eigenvalue weighted by molar-refractivity contribution is 5.91. The number of esters is 1. The molecule has 0 aliphatic heterocycles. The molecule has 0 bridgehead atoms. The predicted molar refractivity (Wildman–Crippen MR) is 74.5 cm³/mol. The summed E-state index contributed by atoms with van der Waals surface area (Å²) in [5, 5.41) is 0. The Bertz CT molecular complexity index is 340. The third kappa shape index (κ3) is 3.78. The Hall–Kier alpha value is -0.900. The van der Waals surface area contributed by atoms with E-state index < -0.39 is 11.5 Å². The van der Waals surface area contributed by atoms with Crippen molar-refractivity contribution < 1.29 is 14.3 Å². The lowest BCUT2D eigenvalue weighted by Gasteiger charge is -2.33. The fraction of sp³-hybridized carbons (Fsp3) is 0.867. The third-order valence-corrected chi connectivity index (χ3v) is 4.45. The number of nitrogens with two attached hydrogens (primary N) is 1. The van der Waals surface area contributed by atoms with Crippen molar-refractivity contribution in [3.8, 4) is 0 Å². The molecule has 3 unspecified atom stereocenters. The molecule has 3 atom stereocenters. The smallest absolute Gasteiger partial charge is 0.326 e. The van der Waals surface area contributed by atoms with Crippen molar-refractivity contribution in [2.75, 3.05) is 7.11 Å². The van der Waals surface area contributed by atoms with E-state index in [9.17, 15) is 9.59 Å². The zero-order valence-corrected chi connectivity index (χ0v) is 12.6. The number of carbonyl (C=O) groups is 2. The monoisotopic (exact) mass is 269 g/mol. The van der Waals surface area contributed by atoms with Crippen LogP contribution in [0.15, 0.2) is 0 Å². The summed E-state index contributed by atoms with van der Waals surface area (Å²) in [5.41, 5.74) is 4.95. The van der Waals surface area contributed by atoms with E-state index in [2.05, 4.69) is 6.92 Å². The highest BCUT2D eigenvalue weighted by Crippen LogP contribution is 2.32. The minimum absolute atomic E-state index is 0.0649. The standard InChI is InChI=1S/C15H27NO3/c1-10(2)15(16,14(18)19-4)9-13(17)12-7-5-6-11(3)8-12/h10-12H,5-9,16H2,1-4H3. The van der Waals surface area contributed by atoms with Crippen LogP contribution in [0.25, 0.3) is 0 Å². The van der Waals surface area contributed by atoms with Gasteiger partial charge in [-0.2, -0.15) is 0 Å². The molecule has 0 amide bonds. The second-order valence-corrected chi connectivity index (χ2v) is 6.30. The SMILES string of the molecule is COC(=O)C(N)(CC(=O)C1CCCC(C)C1)C(C)C. The molecule has 0 aromatic carbocycles. The molecule has 19 heavy (non-hydrogen) atoms. The van der Waals surface area contributed by atoms with E-state index >= 15 is 0 Å². The number of ether oxygens (including phenoxy) is 1.